The first-order chi connectivity index (χ1) is 9.75. The number of nitrogens with one attached hydrogen (secondary N) is 1. The highest BCUT2D eigenvalue weighted by molar-refractivity contribution is 5.79. The van der Waals surface area contributed by atoms with Crippen LogP contribution in [0.5, 0.6) is 0 Å². The van der Waals surface area contributed by atoms with Crippen LogP contribution in [0.25, 0.3) is 11.0 Å². The van der Waals surface area contributed by atoms with Gasteiger partial charge in [0, 0.05) is 31.3 Å². The van der Waals surface area contributed by atoms with Gasteiger partial charge in [-0.3, -0.25) is 9.59 Å². The van der Waals surface area contributed by atoms with Crippen LogP contribution in [0.4, 0.5) is 0 Å². The van der Waals surface area contributed by atoms with E-state index < -0.39 is 0 Å². The minimum Gasteiger partial charge on any atom is -0.459 e. The number of aromatic nitrogens is 1. The molecule has 0 aromatic carbocycles. The zero-order chi connectivity index (χ0) is 13.9. The van der Waals surface area contributed by atoms with Crippen molar-refractivity contribution in [3.63, 3.8) is 0 Å². The van der Waals surface area contributed by atoms with Gasteiger partial charge in [-0.15, -0.1) is 0 Å². The van der Waals surface area contributed by atoms with E-state index >= 15 is 0 Å². The number of hydrogen-bond donors (Lipinski definition) is 1. The minimum atomic E-state index is -0.175. The van der Waals surface area contributed by atoms with E-state index in [0.717, 1.165) is 11.8 Å². The normalized spacial score (nSPS) is 18.5. The van der Waals surface area contributed by atoms with Crippen LogP contribution in [0.2, 0.25) is 0 Å². The van der Waals surface area contributed by atoms with Gasteiger partial charge in [0.15, 0.2) is 5.58 Å². The lowest BCUT2D eigenvalue weighted by Crippen LogP contribution is -2.34. The van der Waals surface area contributed by atoms with Crippen LogP contribution >= 0.6 is 0 Å². The van der Waals surface area contributed by atoms with Gasteiger partial charge in [-0.25, -0.2) is 0 Å². The number of rotatable bonds is 4. The molecule has 1 atom stereocenters. The number of amides is 1. The number of pyridine rings is 1. The molecule has 1 fully saturated rings. The summed E-state index contributed by atoms with van der Waals surface area (Å²) in [6.45, 7) is 1.98. The fourth-order valence-electron chi connectivity index (χ4n) is 2.35. The Morgan fingerprint density at radius 3 is 3.15 bits per heavy atom. The quantitative estimate of drug-likeness (QED) is 0.894. The molecule has 2 aromatic rings. The molecule has 0 radical (unpaired) electrons. The van der Waals surface area contributed by atoms with Crippen LogP contribution in [-0.2, 0) is 16.1 Å². The van der Waals surface area contributed by atoms with Gasteiger partial charge in [0.1, 0.15) is 0 Å². The summed E-state index contributed by atoms with van der Waals surface area (Å²) in [5, 5.41) is 3.62. The maximum absolute atomic E-state index is 12.1. The van der Waals surface area contributed by atoms with Crippen molar-refractivity contribution in [3.05, 3.63) is 34.9 Å². The van der Waals surface area contributed by atoms with Crippen molar-refractivity contribution in [2.75, 3.05) is 19.8 Å². The number of carbonyl (C=O) groups excluding carboxylic acids is 1. The third-order valence-corrected chi connectivity index (χ3v) is 3.54. The van der Waals surface area contributed by atoms with Gasteiger partial charge in [-0.1, -0.05) is 0 Å². The Labute approximate surface area is 115 Å². The summed E-state index contributed by atoms with van der Waals surface area (Å²) in [6, 6.07) is 3.58. The van der Waals surface area contributed by atoms with Gasteiger partial charge < -0.3 is 19.0 Å². The number of hydrogen-bond acceptors (Lipinski definition) is 4. The summed E-state index contributed by atoms with van der Waals surface area (Å²) in [6.07, 6.45) is 3.98. The maximum atomic E-state index is 12.1. The molecule has 106 valence electrons. The van der Waals surface area contributed by atoms with E-state index in [1.54, 1.807) is 12.3 Å². The number of ether oxygens (including phenoxy) is 1. The molecule has 3 rings (SSSR count). The average Bonchev–Trinajstić information content (AvgIpc) is 3.11. The Balaban J connectivity index is 1.61. The molecule has 20 heavy (non-hydrogen) atoms. The number of nitrogens with zero attached hydrogens (tertiary/aromatic N) is 1. The molecule has 1 N–H and O–H groups in total. The molecule has 0 bridgehead atoms. The van der Waals surface area contributed by atoms with Gasteiger partial charge in [0.25, 0.3) is 5.56 Å². The molecule has 1 amide bonds. The van der Waals surface area contributed by atoms with Crippen molar-refractivity contribution in [2.24, 2.45) is 5.92 Å². The van der Waals surface area contributed by atoms with E-state index in [1.807, 2.05) is 6.07 Å². The monoisotopic (exact) mass is 276 g/mol. The van der Waals surface area contributed by atoms with Crippen molar-refractivity contribution in [3.8, 4) is 0 Å². The van der Waals surface area contributed by atoms with Crippen molar-refractivity contribution in [2.45, 2.75) is 13.0 Å². The number of carbonyl (C=O) groups is 1. The zero-order valence-corrected chi connectivity index (χ0v) is 11.0. The van der Waals surface area contributed by atoms with Crippen molar-refractivity contribution < 1.29 is 13.9 Å². The summed E-state index contributed by atoms with van der Waals surface area (Å²) in [7, 11) is 0. The lowest BCUT2D eigenvalue weighted by molar-refractivity contribution is -0.124. The third kappa shape index (κ3) is 2.46. The van der Waals surface area contributed by atoms with Crippen LogP contribution in [0.15, 0.2) is 33.8 Å². The smallest absolute Gasteiger partial charge is 0.294 e. The van der Waals surface area contributed by atoms with Crippen LogP contribution in [0.1, 0.15) is 6.42 Å². The molecule has 6 heteroatoms. The van der Waals surface area contributed by atoms with Gasteiger partial charge in [-0.2, -0.15) is 0 Å². The molecule has 0 spiro atoms. The molecule has 0 aliphatic carbocycles. The first kappa shape index (κ1) is 12.9. The van der Waals surface area contributed by atoms with E-state index in [0.29, 0.717) is 31.9 Å². The predicted octanol–water partition coefficient (Wildman–Crippen LogP) is 0.747. The van der Waals surface area contributed by atoms with Gasteiger partial charge >= 0.3 is 0 Å². The second-order valence-electron chi connectivity index (χ2n) is 4.87. The second-order valence-corrected chi connectivity index (χ2v) is 4.87. The highest BCUT2D eigenvalue weighted by Gasteiger charge is 2.22. The fourth-order valence-corrected chi connectivity index (χ4v) is 2.35. The Bertz CT molecular complexity index is 667. The van der Waals surface area contributed by atoms with E-state index in [4.69, 9.17) is 9.15 Å². The van der Waals surface area contributed by atoms with Crippen molar-refractivity contribution >= 4 is 16.9 Å². The largest absolute Gasteiger partial charge is 0.459 e. The van der Waals surface area contributed by atoms with Gasteiger partial charge in [0.2, 0.25) is 5.91 Å². The fraction of sp³-hybridized carbons (Fsp3) is 0.429. The molecular formula is C14H16N2O4. The van der Waals surface area contributed by atoms with Gasteiger partial charge in [-0.05, 0) is 18.6 Å². The molecule has 0 saturated carbocycles. The lowest BCUT2D eigenvalue weighted by Gasteiger charge is -2.10. The number of fused-ring (bicyclic) bond motifs is 1. The van der Waals surface area contributed by atoms with Crippen molar-refractivity contribution in [1.29, 1.82) is 0 Å². The van der Waals surface area contributed by atoms with Crippen LogP contribution in [-0.4, -0.2) is 30.2 Å². The molecule has 0 unspecified atom stereocenters. The highest BCUT2D eigenvalue weighted by Crippen LogP contribution is 2.12. The third-order valence-electron chi connectivity index (χ3n) is 3.54. The van der Waals surface area contributed by atoms with Crippen LogP contribution < -0.4 is 10.9 Å². The standard InChI is InChI=1S/C14H16N2O4/c17-13(11-2-7-19-9-11)15-4-6-16-5-1-10-3-8-20-12(10)14(16)18/h1,3,5,8,11H,2,4,6-7,9H2,(H,15,17)/t11-/m0/s1. The highest BCUT2D eigenvalue weighted by atomic mass is 16.5. The second kappa shape index (κ2) is 5.50. The molecule has 6 nitrogen and oxygen atoms in total. The van der Waals surface area contributed by atoms with Gasteiger partial charge in [0.05, 0.1) is 18.8 Å². The summed E-state index contributed by atoms with van der Waals surface area (Å²) >= 11 is 0. The van der Waals surface area contributed by atoms with Crippen molar-refractivity contribution in [1.82, 2.24) is 9.88 Å². The molecular weight excluding hydrogens is 260 g/mol. The first-order valence-corrected chi connectivity index (χ1v) is 6.68. The molecule has 1 aliphatic heterocycles. The topological polar surface area (TPSA) is 73.5 Å². The van der Waals surface area contributed by atoms with E-state index in [1.165, 1.54) is 10.8 Å². The summed E-state index contributed by atoms with van der Waals surface area (Å²) < 4.78 is 11.9. The average molecular weight is 276 g/mol. The Kier molecular flexibility index (Phi) is 3.56. The predicted molar refractivity (Wildman–Crippen MR) is 72.4 cm³/mol. The maximum Gasteiger partial charge on any atom is 0.294 e. The van der Waals surface area contributed by atoms with Crippen LogP contribution in [0, 0.1) is 5.92 Å². The first-order valence-electron chi connectivity index (χ1n) is 6.68. The number of furan rings is 1. The van der Waals surface area contributed by atoms with E-state index in [-0.39, 0.29) is 17.4 Å². The molecule has 3 heterocycles. The molecule has 1 saturated heterocycles. The summed E-state index contributed by atoms with van der Waals surface area (Å²) in [5.41, 5.74) is 0.175. The van der Waals surface area contributed by atoms with E-state index in [9.17, 15) is 9.59 Å². The molecule has 1 aliphatic rings. The zero-order valence-electron chi connectivity index (χ0n) is 11.0. The molecule has 2 aromatic heterocycles. The Morgan fingerprint density at radius 2 is 2.35 bits per heavy atom. The van der Waals surface area contributed by atoms with Crippen LogP contribution in [0.3, 0.4) is 0 Å². The Morgan fingerprint density at radius 1 is 1.45 bits per heavy atom. The Hall–Kier alpha value is -2.08. The lowest BCUT2D eigenvalue weighted by atomic mass is 10.1. The summed E-state index contributed by atoms with van der Waals surface area (Å²) in [5.74, 6) is -0.0612. The van der Waals surface area contributed by atoms with E-state index in [2.05, 4.69) is 5.32 Å². The minimum absolute atomic E-state index is 0.00498. The summed E-state index contributed by atoms with van der Waals surface area (Å²) in [4.78, 5) is 23.9. The SMILES string of the molecule is O=C(NCCn1ccc2ccoc2c1=O)[C@H]1CCOC1.